The number of rotatable bonds is 1. The van der Waals surface area contributed by atoms with Gasteiger partial charge >= 0.3 is 0 Å². The van der Waals surface area contributed by atoms with E-state index in [4.69, 9.17) is 4.74 Å². The van der Waals surface area contributed by atoms with Gasteiger partial charge in [-0.05, 0) is 24.3 Å². The Morgan fingerprint density at radius 3 is 2.84 bits per heavy atom. The molecule has 3 rings (SSSR count). The van der Waals surface area contributed by atoms with E-state index in [9.17, 15) is 9.18 Å². The number of nitrogens with zero attached hydrogens (tertiary/aromatic N) is 2. The molecular formula is C14H11FN2O2. The van der Waals surface area contributed by atoms with Crippen molar-refractivity contribution in [3.63, 3.8) is 0 Å². The molecule has 0 saturated carbocycles. The molecule has 1 amide bonds. The van der Waals surface area contributed by atoms with Crippen LogP contribution in [0.5, 0.6) is 5.75 Å². The molecule has 2 heterocycles. The van der Waals surface area contributed by atoms with Crippen LogP contribution in [0.4, 0.5) is 10.2 Å². The number of amides is 1. The summed E-state index contributed by atoms with van der Waals surface area (Å²) in [5, 5.41) is 0. The highest BCUT2D eigenvalue weighted by atomic mass is 19.1. The summed E-state index contributed by atoms with van der Waals surface area (Å²) in [6.45, 7) is 0.00419. The van der Waals surface area contributed by atoms with Gasteiger partial charge in [0.1, 0.15) is 5.82 Å². The molecule has 19 heavy (non-hydrogen) atoms. The molecule has 0 saturated heterocycles. The van der Waals surface area contributed by atoms with Crippen LogP contribution in [-0.2, 0) is 4.79 Å². The molecule has 1 aliphatic heterocycles. The first-order valence-corrected chi connectivity index (χ1v) is 5.82. The zero-order valence-electron chi connectivity index (χ0n) is 10.3. The molecule has 0 atom stereocenters. The van der Waals surface area contributed by atoms with E-state index in [2.05, 4.69) is 4.98 Å². The minimum absolute atomic E-state index is 0.00419. The van der Waals surface area contributed by atoms with Gasteiger partial charge in [0.25, 0.3) is 5.91 Å². The summed E-state index contributed by atoms with van der Waals surface area (Å²) in [5.41, 5.74) is 0.874. The van der Waals surface area contributed by atoms with Crippen LogP contribution in [0.1, 0.15) is 0 Å². The van der Waals surface area contributed by atoms with Gasteiger partial charge in [0.15, 0.2) is 18.2 Å². The summed E-state index contributed by atoms with van der Waals surface area (Å²) in [4.78, 5) is 17.3. The van der Waals surface area contributed by atoms with E-state index in [1.54, 1.807) is 37.4 Å². The third-order valence-corrected chi connectivity index (χ3v) is 3.03. The Kier molecular flexibility index (Phi) is 2.67. The number of ether oxygens (including phenoxy) is 1. The Morgan fingerprint density at radius 1 is 1.26 bits per heavy atom. The maximum atomic E-state index is 13.7. The molecule has 0 bridgehead atoms. The topological polar surface area (TPSA) is 42.4 Å². The molecule has 0 radical (unpaired) electrons. The second-order valence-corrected chi connectivity index (χ2v) is 4.24. The van der Waals surface area contributed by atoms with Crippen LogP contribution < -0.4 is 9.64 Å². The molecule has 1 aromatic heterocycles. The quantitative estimate of drug-likeness (QED) is 0.787. The lowest BCUT2D eigenvalue weighted by atomic mass is 10.1. The fourth-order valence-corrected chi connectivity index (χ4v) is 1.96. The second-order valence-electron chi connectivity index (χ2n) is 4.24. The predicted octanol–water partition coefficient (Wildman–Crippen LogP) is 2.24. The fourth-order valence-electron chi connectivity index (χ4n) is 1.96. The highest BCUT2D eigenvalue weighted by molar-refractivity contribution is 5.96. The van der Waals surface area contributed by atoms with Crippen molar-refractivity contribution in [1.29, 1.82) is 0 Å². The number of hydrogen-bond donors (Lipinski definition) is 0. The van der Waals surface area contributed by atoms with Gasteiger partial charge in [-0.15, -0.1) is 0 Å². The van der Waals surface area contributed by atoms with E-state index in [0.29, 0.717) is 22.8 Å². The zero-order valence-corrected chi connectivity index (χ0v) is 10.3. The number of benzene rings is 1. The second kappa shape index (κ2) is 4.35. The molecule has 1 aliphatic rings. The van der Waals surface area contributed by atoms with Crippen LogP contribution in [0.3, 0.4) is 0 Å². The Labute approximate surface area is 109 Å². The van der Waals surface area contributed by atoms with E-state index < -0.39 is 0 Å². The zero-order chi connectivity index (χ0) is 13.4. The van der Waals surface area contributed by atoms with Crippen LogP contribution in [0.2, 0.25) is 0 Å². The van der Waals surface area contributed by atoms with Gasteiger partial charge in [-0.3, -0.25) is 9.69 Å². The highest BCUT2D eigenvalue weighted by Crippen LogP contribution is 2.32. The van der Waals surface area contributed by atoms with Gasteiger partial charge < -0.3 is 4.74 Å². The monoisotopic (exact) mass is 258 g/mol. The van der Waals surface area contributed by atoms with Crippen molar-refractivity contribution in [2.24, 2.45) is 0 Å². The molecule has 5 heteroatoms. The largest absolute Gasteiger partial charge is 0.480 e. The van der Waals surface area contributed by atoms with E-state index >= 15 is 0 Å². The SMILES string of the molecule is CN1C(=O)COc2ccc(-c3ccccc3F)nc21. The lowest BCUT2D eigenvalue weighted by Gasteiger charge is -2.25. The van der Waals surface area contributed by atoms with Gasteiger partial charge in [-0.2, -0.15) is 0 Å². The Bertz CT molecular complexity index is 658. The molecule has 0 fully saturated rings. The van der Waals surface area contributed by atoms with Crippen molar-refractivity contribution in [2.75, 3.05) is 18.6 Å². The highest BCUT2D eigenvalue weighted by Gasteiger charge is 2.24. The number of carbonyl (C=O) groups is 1. The van der Waals surface area contributed by atoms with E-state index in [-0.39, 0.29) is 18.3 Å². The van der Waals surface area contributed by atoms with Crippen LogP contribution in [0.25, 0.3) is 11.3 Å². The van der Waals surface area contributed by atoms with Gasteiger partial charge in [0.05, 0.1) is 5.69 Å². The Balaban J connectivity index is 2.11. The molecule has 0 aliphatic carbocycles. The van der Waals surface area contributed by atoms with Crippen molar-refractivity contribution in [2.45, 2.75) is 0 Å². The summed E-state index contributed by atoms with van der Waals surface area (Å²) < 4.78 is 19.0. The van der Waals surface area contributed by atoms with Crippen LogP contribution in [0.15, 0.2) is 36.4 Å². The van der Waals surface area contributed by atoms with Crippen molar-refractivity contribution in [1.82, 2.24) is 4.98 Å². The number of anilines is 1. The molecule has 4 nitrogen and oxygen atoms in total. The first-order chi connectivity index (χ1) is 9.16. The summed E-state index contributed by atoms with van der Waals surface area (Å²) in [5.74, 6) is 0.422. The first-order valence-electron chi connectivity index (χ1n) is 5.82. The lowest BCUT2D eigenvalue weighted by molar-refractivity contribution is -0.121. The molecule has 2 aromatic rings. The first kappa shape index (κ1) is 11.6. The average Bonchev–Trinajstić information content (AvgIpc) is 2.43. The van der Waals surface area contributed by atoms with Crippen molar-refractivity contribution in [3.05, 3.63) is 42.2 Å². The van der Waals surface area contributed by atoms with E-state index in [1.165, 1.54) is 11.0 Å². The summed E-state index contributed by atoms with van der Waals surface area (Å²) in [6, 6.07) is 9.77. The molecule has 1 aromatic carbocycles. The number of aromatic nitrogens is 1. The van der Waals surface area contributed by atoms with Crippen molar-refractivity contribution < 1.29 is 13.9 Å². The Hall–Kier alpha value is -2.43. The maximum absolute atomic E-state index is 13.7. The maximum Gasteiger partial charge on any atom is 0.265 e. The molecule has 96 valence electrons. The molecule has 0 N–H and O–H groups in total. The van der Waals surface area contributed by atoms with E-state index in [1.807, 2.05) is 0 Å². The molecule has 0 unspecified atom stereocenters. The normalized spacial score (nSPS) is 14.0. The Morgan fingerprint density at radius 2 is 2.05 bits per heavy atom. The smallest absolute Gasteiger partial charge is 0.265 e. The number of carbonyl (C=O) groups excluding carboxylic acids is 1. The minimum Gasteiger partial charge on any atom is -0.480 e. The summed E-state index contributed by atoms with van der Waals surface area (Å²) in [6.07, 6.45) is 0. The number of hydrogen-bond acceptors (Lipinski definition) is 3. The lowest BCUT2D eigenvalue weighted by Crippen LogP contribution is -2.36. The van der Waals surface area contributed by atoms with E-state index in [0.717, 1.165) is 0 Å². The average molecular weight is 258 g/mol. The van der Waals surface area contributed by atoms with Crippen LogP contribution in [-0.4, -0.2) is 24.5 Å². The standard InChI is InChI=1S/C14H11FN2O2/c1-17-13(18)8-19-12-7-6-11(16-14(12)17)9-4-2-3-5-10(9)15/h2-7H,8H2,1H3. The number of fused-ring (bicyclic) bond motifs is 1. The molecule has 0 spiro atoms. The third kappa shape index (κ3) is 1.93. The third-order valence-electron chi connectivity index (χ3n) is 3.03. The van der Waals surface area contributed by atoms with Crippen LogP contribution in [0, 0.1) is 5.82 Å². The van der Waals surface area contributed by atoms with Crippen molar-refractivity contribution >= 4 is 11.7 Å². The number of likely N-dealkylation sites (N-methyl/N-ethyl adjacent to an activating group) is 1. The summed E-state index contributed by atoms with van der Waals surface area (Å²) in [7, 11) is 1.63. The van der Waals surface area contributed by atoms with Crippen LogP contribution >= 0.6 is 0 Å². The van der Waals surface area contributed by atoms with Gasteiger partial charge in [0.2, 0.25) is 0 Å². The fraction of sp³-hybridized carbons (Fsp3) is 0.143. The predicted molar refractivity (Wildman–Crippen MR) is 68.5 cm³/mol. The minimum atomic E-state index is -0.347. The number of halogens is 1. The van der Waals surface area contributed by atoms with Gasteiger partial charge in [-0.1, -0.05) is 12.1 Å². The van der Waals surface area contributed by atoms with Gasteiger partial charge in [-0.25, -0.2) is 9.37 Å². The molecular weight excluding hydrogens is 247 g/mol. The van der Waals surface area contributed by atoms with Gasteiger partial charge in [0, 0.05) is 12.6 Å². The summed E-state index contributed by atoms with van der Waals surface area (Å²) >= 11 is 0. The number of pyridine rings is 1. The van der Waals surface area contributed by atoms with Crippen molar-refractivity contribution in [3.8, 4) is 17.0 Å².